The average molecular weight is 256 g/mol. The normalized spacial score (nSPS) is 15.8. The Bertz CT molecular complexity index is 387. The first-order valence-electron chi connectivity index (χ1n) is 7.55. The molecule has 1 fully saturated rings. The summed E-state index contributed by atoms with van der Waals surface area (Å²) in [7, 11) is 0. The Hall–Kier alpha value is -1.33. The summed E-state index contributed by atoms with van der Waals surface area (Å²) in [6.07, 6.45) is 8.85. The van der Waals surface area contributed by atoms with Crippen molar-refractivity contribution >= 4 is 0 Å². The minimum Gasteiger partial charge on any atom is -0.288 e. The maximum Gasteiger partial charge on any atom is 0.0868 e. The van der Waals surface area contributed by atoms with Gasteiger partial charge in [0.2, 0.25) is 0 Å². The molecule has 2 heteroatoms. The van der Waals surface area contributed by atoms with Crippen molar-refractivity contribution in [3.05, 3.63) is 35.9 Å². The van der Waals surface area contributed by atoms with Crippen molar-refractivity contribution in [2.75, 3.05) is 13.1 Å². The monoisotopic (exact) mass is 256 g/mol. The van der Waals surface area contributed by atoms with Gasteiger partial charge in [-0.05, 0) is 44.2 Å². The molecular weight excluding hydrogens is 232 g/mol. The fourth-order valence-electron chi connectivity index (χ4n) is 3.04. The molecule has 0 N–H and O–H groups in total. The molecule has 0 aromatic heterocycles. The first-order chi connectivity index (χ1) is 9.40. The van der Waals surface area contributed by atoms with Gasteiger partial charge in [-0.15, -0.1) is 0 Å². The molecule has 0 unspecified atom stereocenters. The predicted molar refractivity (Wildman–Crippen MR) is 78.8 cm³/mol. The van der Waals surface area contributed by atoms with Gasteiger partial charge in [-0.3, -0.25) is 4.90 Å². The number of nitriles is 1. The third-order valence-corrected chi connectivity index (χ3v) is 4.12. The molecule has 1 aliphatic carbocycles. The van der Waals surface area contributed by atoms with Crippen molar-refractivity contribution in [3.63, 3.8) is 0 Å². The van der Waals surface area contributed by atoms with Crippen molar-refractivity contribution in [1.29, 1.82) is 5.26 Å². The van der Waals surface area contributed by atoms with Crippen LogP contribution in [0.4, 0.5) is 0 Å². The quantitative estimate of drug-likeness (QED) is 0.548. The molecule has 1 aliphatic rings. The van der Waals surface area contributed by atoms with Gasteiger partial charge >= 0.3 is 0 Å². The van der Waals surface area contributed by atoms with Crippen LogP contribution >= 0.6 is 0 Å². The molecular formula is C17H24N2. The lowest BCUT2D eigenvalue weighted by molar-refractivity contribution is 0.218. The van der Waals surface area contributed by atoms with Crippen LogP contribution in [0.15, 0.2) is 30.3 Å². The lowest BCUT2D eigenvalue weighted by atomic mass is 10.1. The molecule has 0 radical (unpaired) electrons. The first-order valence-corrected chi connectivity index (χ1v) is 7.55. The molecule has 0 spiro atoms. The molecule has 0 heterocycles. The van der Waals surface area contributed by atoms with E-state index in [-0.39, 0.29) is 0 Å². The van der Waals surface area contributed by atoms with Gasteiger partial charge in [-0.2, -0.15) is 5.26 Å². The standard InChI is InChI=1S/C17H24N2/c18-13-15-19(17-11-4-5-12-17)14-7-6-10-16-8-2-1-3-9-16/h1-3,8-9,17H,4-7,10-12,14-15H2. The number of aryl methyl sites for hydroxylation is 1. The number of unbranched alkanes of at least 4 members (excludes halogenated alkanes) is 1. The molecule has 2 nitrogen and oxygen atoms in total. The molecule has 0 atom stereocenters. The van der Waals surface area contributed by atoms with E-state index in [1.54, 1.807) is 0 Å². The van der Waals surface area contributed by atoms with E-state index in [2.05, 4.69) is 41.3 Å². The molecule has 102 valence electrons. The van der Waals surface area contributed by atoms with Gasteiger partial charge in [0.25, 0.3) is 0 Å². The van der Waals surface area contributed by atoms with Gasteiger partial charge < -0.3 is 0 Å². The van der Waals surface area contributed by atoms with Crippen molar-refractivity contribution < 1.29 is 0 Å². The van der Waals surface area contributed by atoms with E-state index in [1.807, 2.05) is 0 Å². The summed E-state index contributed by atoms with van der Waals surface area (Å²) in [5.41, 5.74) is 1.43. The smallest absolute Gasteiger partial charge is 0.0868 e. The van der Waals surface area contributed by atoms with E-state index in [9.17, 15) is 0 Å². The van der Waals surface area contributed by atoms with Crippen molar-refractivity contribution in [2.24, 2.45) is 0 Å². The van der Waals surface area contributed by atoms with Crippen molar-refractivity contribution in [3.8, 4) is 6.07 Å². The van der Waals surface area contributed by atoms with Crippen LogP contribution in [0.2, 0.25) is 0 Å². The molecule has 1 aromatic carbocycles. The Morgan fingerprint density at radius 2 is 1.84 bits per heavy atom. The van der Waals surface area contributed by atoms with Crippen molar-refractivity contribution in [1.82, 2.24) is 4.90 Å². The van der Waals surface area contributed by atoms with Crippen LogP contribution < -0.4 is 0 Å². The molecule has 19 heavy (non-hydrogen) atoms. The van der Waals surface area contributed by atoms with Crippen LogP contribution in [-0.4, -0.2) is 24.0 Å². The highest BCUT2D eigenvalue weighted by Crippen LogP contribution is 2.23. The maximum atomic E-state index is 8.94. The van der Waals surface area contributed by atoms with Gasteiger partial charge in [0.15, 0.2) is 0 Å². The second-order valence-electron chi connectivity index (χ2n) is 5.51. The van der Waals surface area contributed by atoms with E-state index < -0.39 is 0 Å². The van der Waals surface area contributed by atoms with Crippen LogP contribution in [0.5, 0.6) is 0 Å². The topological polar surface area (TPSA) is 27.0 Å². The Kier molecular flexibility index (Phi) is 5.91. The van der Waals surface area contributed by atoms with E-state index in [1.165, 1.54) is 44.1 Å². The highest BCUT2D eigenvalue weighted by molar-refractivity contribution is 5.14. The van der Waals surface area contributed by atoms with Gasteiger partial charge in [-0.25, -0.2) is 0 Å². The molecule has 1 saturated carbocycles. The zero-order chi connectivity index (χ0) is 13.3. The molecule has 1 aromatic rings. The summed E-state index contributed by atoms with van der Waals surface area (Å²) >= 11 is 0. The molecule has 0 saturated heterocycles. The number of rotatable bonds is 7. The molecule has 0 amide bonds. The Labute approximate surface area is 117 Å². The summed E-state index contributed by atoms with van der Waals surface area (Å²) in [6.45, 7) is 1.70. The summed E-state index contributed by atoms with van der Waals surface area (Å²) in [6, 6.07) is 13.7. The van der Waals surface area contributed by atoms with E-state index in [0.29, 0.717) is 12.6 Å². The highest BCUT2D eigenvalue weighted by atomic mass is 15.1. The summed E-state index contributed by atoms with van der Waals surface area (Å²) < 4.78 is 0. The Balaban J connectivity index is 1.69. The summed E-state index contributed by atoms with van der Waals surface area (Å²) in [5, 5.41) is 8.94. The number of nitrogens with zero attached hydrogens (tertiary/aromatic N) is 2. The van der Waals surface area contributed by atoms with E-state index in [4.69, 9.17) is 5.26 Å². The van der Waals surface area contributed by atoms with Crippen LogP contribution in [0, 0.1) is 11.3 Å². The average Bonchev–Trinajstić information content (AvgIpc) is 2.97. The van der Waals surface area contributed by atoms with E-state index in [0.717, 1.165) is 13.0 Å². The minimum absolute atomic E-state index is 0.607. The van der Waals surface area contributed by atoms with Crippen LogP contribution in [0.1, 0.15) is 44.1 Å². The molecule has 0 bridgehead atoms. The van der Waals surface area contributed by atoms with Gasteiger partial charge in [0.05, 0.1) is 12.6 Å². The van der Waals surface area contributed by atoms with E-state index >= 15 is 0 Å². The Morgan fingerprint density at radius 1 is 1.11 bits per heavy atom. The second kappa shape index (κ2) is 7.96. The fourth-order valence-corrected chi connectivity index (χ4v) is 3.04. The van der Waals surface area contributed by atoms with Gasteiger partial charge in [-0.1, -0.05) is 43.2 Å². The first kappa shape index (κ1) is 14.1. The minimum atomic E-state index is 0.607. The maximum absolute atomic E-state index is 8.94. The largest absolute Gasteiger partial charge is 0.288 e. The third-order valence-electron chi connectivity index (χ3n) is 4.12. The molecule has 2 rings (SSSR count). The number of benzene rings is 1. The zero-order valence-corrected chi connectivity index (χ0v) is 11.7. The summed E-state index contributed by atoms with van der Waals surface area (Å²) in [5.74, 6) is 0. The SMILES string of the molecule is N#CCN(CCCCc1ccccc1)C1CCCC1. The lowest BCUT2D eigenvalue weighted by Crippen LogP contribution is -2.34. The third kappa shape index (κ3) is 4.69. The van der Waals surface area contributed by atoms with Crippen molar-refractivity contribution in [2.45, 2.75) is 51.0 Å². The van der Waals surface area contributed by atoms with Crippen LogP contribution in [0.25, 0.3) is 0 Å². The number of hydrogen-bond donors (Lipinski definition) is 0. The Morgan fingerprint density at radius 3 is 2.53 bits per heavy atom. The number of hydrogen-bond acceptors (Lipinski definition) is 2. The molecule has 0 aliphatic heterocycles. The predicted octanol–water partition coefficient (Wildman–Crippen LogP) is 3.78. The summed E-state index contributed by atoms with van der Waals surface area (Å²) in [4.78, 5) is 2.40. The van der Waals surface area contributed by atoms with Gasteiger partial charge in [0, 0.05) is 6.04 Å². The highest BCUT2D eigenvalue weighted by Gasteiger charge is 2.21. The lowest BCUT2D eigenvalue weighted by Gasteiger charge is -2.26. The second-order valence-corrected chi connectivity index (χ2v) is 5.51. The van der Waals surface area contributed by atoms with Gasteiger partial charge in [0.1, 0.15) is 0 Å². The zero-order valence-electron chi connectivity index (χ0n) is 11.7. The van der Waals surface area contributed by atoms with Crippen LogP contribution in [-0.2, 0) is 6.42 Å². The fraction of sp³-hybridized carbons (Fsp3) is 0.588. The van der Waals surface area contributed by atoms with Crippen LogP contribution in [0.3, 0.4) is 0 Å².